The summed E-state index contributed by atoms with van der Waals surface area (Å²) in [5.41, 5.74) is 0. The summed E-state index contributed by atoms with van der Waals surface area (Å²) in [6, 6.07) is 0.577. The lowest BCUT2D eigenvalue weighted by Crippen LogP contribution is -2.52. The lowest BCUT2D eigenvalue weighted by atomic mass is 10.2. The second kappa shape index (κ2) is 6.00. The van der Waals surface area contributed by atoms with E-state index >= 15 is 0 Å². The van der Waals surface area contributed by atoms with Gasteiger partial charge in [-0.15, -0.1) is 0 Å². The molecule has 1 aromatic heterocycles. The minimum atomic E-state index is 0.577. The molecule has 0 amide bonds. The fraction of sp³-hybridized carbons (Fsp3) is 0.692. The molecule has 100 valence electrons. The molecule has 2 heterocycles. The van der Waals surface area contributed by atoms with Crippen molar-refractivity contribution in [3.63, 3.8) is 0 Å². The lowest BCUT2D eigenvalue weighted by molar-refractivity contribution is 0.199. The molecule has 1 fully saturated rings. The average Bonchev–Trinajstić information content (AvgIpc) is 2.39. The summed E-state index contributed by atoms with van der Waals surface area (Å²) < 4.78 is 0. The molecular weight excluding hydrogens is 226 g/mol. The molecule has 1 aliphatic heterocycles. The predicted octanol–water partition coefficient (Wildman–Crippen LogP) is 1.44. The molecule has 5 heteroatoms. The number of nitrogens with zero attached hydrogens (tertiary/aromatic N) is 4. The third-order valence-electron chi connectivity index (χ3n) is 3.47. The molecule has 0 spiro atoms. The quantitative estimate of drug-likeness (QED) is 0.874. The minimum absolute atomic E-state index is 0.577. The molecule has 1 aliphatic rings. The number of hydrogen-bond donors (Lipinski definition) is 1. The van der Waals surface area contributed by atoms with Gasteiger partial charge in [0.05, 0.1) is 12.4 Å². The number of anilines is 2. The summed E-state index contributed by atoms with van der Waals surface area (Å²) in [6.07, 6.45) is 3.63. The molecule has 1 atom stereocenters. The Morgan fingerprint density at radius 2 is 2.17 bits per heavy atom. The van der Waals surface area contributed by atoms with Gasteiger partial charge in [-0.2, -0.15) is 0 Å². The van der Waals surface area contributed by atoms with Crippen molar-refractivity contribution in [2.24, 2.45) is 0 Å². The first-order chi connectivity index (χ1) is 8.74. The van der Waals surface area contributed by atoms with E-state index in [1.807, 2.05) is 6.20 Å². The van der Waals surface area contributed by atoms with Crippen LogP contribution in [0.5, 0.6) is 0 Å². The Hall–Kier alpha value is -1.36. The standard InChI is InChI=1S/C13H23N5/c1-4-15-12-8-14-9-13(16-12)18-7-6-17(5-2)11(3)10-18/h8-9,11H,4-7,10H2,1-3H3,(H,15,16). The van der Waals surface area contributed by atoms with Gasteiger partial charge >= 0.3 is 0 Å². The van der Waals surface area contributed by atoms with Crippen molar-refractivity contribution in [3.05, 3.63) is 12.4 Å². The molecule has 1 unspecified atom stereocenters. The highest BCUT2D eigenvalue weighted by atomic mass is 15.3. The molecule has 0 radical (unpaired) electrons. The van der Waals surface area contributed by atoms with Gasteiger partial charge in [-0.1, -0.05) is 6.92 Å². The van der Waals surface area contributed by atoms with Gasteiger partial charge in [-0.3, -0.25) is 9.88 Å². The lowest BCUT2D eigenvalue weighted by Gasteiger charge is -2.39. The van der Waals surface area contributed by atoms with Crippen molar-refractivity contribution < 1.29 is 0 Å². The van der Waals surface area contributed by atoms with Crippen molar-refractivity contribution in [3.8, 4) is 0 Å². The molecule has 1 N–H and O–H groups in total. The number of aromatic nitrogens is 2. The molecule has 1 saturated heterocycles. The van der Waals surface area contributed by atoms with Crippen molar-refractivity contribution in [1.82, 2.24) is 14.9 Å². The molecule has 0 saturated carbocycles. The summed E-state index contributed by atoms with van der Waals surface area (Å²) in [5, 5.41) is 3.21. The van der Waals surface area contributed by atoms with Crippen LogP contribution in [-0.4, -0.2) is 53.6 Å². The highest BCUT2D eigenvalue weighted by molar-refractivity contribution is 5.44. The summed E-state index contributed by atoms with van der Waals surface area (Å²) in [5.74, 6) is 1.84. The van der Waals surface area contributed by atoms with Crippen molar-refractivity contribution >= 4 is 11.6 Å². The highest BCUT2D eigenvalue weighted by Gasteiger charge is 2.23. The maximum atomic E-state index is 4.61. The zero-order chi connectivity index (χ0) is 13.0. The Labute approximate surface area is 109 Å². The first kappa shape index (κ1) is 13.1. The van der Waals surface area contributed by atoms with Gasteiger partial charge in [-0.05, 0) is 20.4 Å². The number of piperazine rings is 1. The van der Waals surface area contributed by atoms with Crippen molar-refractivity contribution in [2.75, 3.05) is 42.9 Å². The van der Waals surface area contributed by atoms with E-state index in [-0.39, 0.29) is 0 Å². The summed E-state index contributed by atoms with van der Waals surface area (Å²) in [6.45, 7) is 11.7. The van der Waals surface area contributed by atoms with E-state index in [2.05, 4.69) is 45.9 Å². The van der Waals surface area contributed by atoms with Crippen LogP contribution in [0.4, 0.5) is 11.6 Å². The molecule has 1 aromatic rings. The maximum Gasteiger partial charge on any atom is 0.149 e. The number of hydrogen-bond acceptors (Lipinski definition) is 5. The van der Waals surface area contributed by atoms with Crippen LogP contribution < -0.4 is 10.2 Å². The van der Waals surface area contributed by atoms with Crippen LogP contribution in [0.3, 0.4) is 0 Å². The summed E-state index contributed by atoms with van der Waals surface area (Å²) in [7, 11) is 0. The van der Waals surface area contributed by atoms with Crippen LogP contribution in [0.2, 0.25) is 0 Å². The van der Waals surface area contributed by atoms with Crippen molar-refractivity contribution in [1.29, 1.82) is 0 Å². The molecule has 0 bridgehead atoms. The van der Waals surface area contributed by atoms with Crippen LogP contribution in [0.25, 0.3) is 0 Å². The smallest absolute Gasteiger partial charge is 0.149 e. The largest absolute Gasteiger partial charge is 0.369 e. The molecular formula is C13H23N5. The summed E-state index contributed by atoms with van der Waals surface area (Å²) >= 11 is 0. The van der Waals surface area contributed by atoms with E-state index in [1.165, 1.54) is 0 Å². The summed E-state index contributed by atoms with van der Waals surface area (Å²) in [4.78, 5) is 13.7. The number of rotatable bonds is 4. The second-order valence-corrected chi connectivity index (χ2v) is 4.72. The van der Waals surface area contributed by atoms with Crippen LogP contribution in [0, 0.1) is 0 Å². The van der Waals surface area contributed by atoms with E-state index in [0.717, 1.165) is 44.4 Å². The molecule has 0 aliphatic carbocycles. The second-order valence-electron chi connectivity index (χ2n) is 4.72. The van der Waals surface area contributed by atoms with E-state index in [0.29, 0.717) is 6.04 Å². The van der Waals surface area contributed by atoms with Crippen molar-refractivity contribution in [2.45, 2.75) is 26.8 Å². The number of nitrogens with one attached hydrogen (secondary N) is 1. The third kappa shape index (κ3) is 2.90. The van der Waals surface area contributed by atoms with Crippen LogP contribution in [0.1, 0.15) is 20.8 Å². The Morgan fingerprint density at radius 3 is 2.83 bits per heavy atom. The van der Waals surface area contributed by atoms with E-state index < -0.39 is 0 Å². The average molecular weight is 249 g/mol. The van der Waals surface area contributed by atoms with E-state index in [1.54, 1.807) is 6.20 Å². The van der Waals surface area contributed by atoms with Crippen LogP contribution in [-0.2, 0) is 0 Å². The Kier molecular flexibility index (Phi) is 4.36. The topological polar surface area (TPSA) is 44.3 Å². The third-order valence-corrected chi connectivity index (χ3v) is 3.47. The first-order valence-corrected chi connectivity index (χ1v) is 6.79. The number of likely N-dealkylation sites (N-methyl/N-ethyl adjacent to an activating group) is 1. The van der Waals surface area contributed by atoms with Gasteiger partial charge < -0.3 is 10.2 Å². The van der Waals surface area contributed by atoms with E-state index in [4.69, 9.17) is 0 Å². The zero-order valence-corrected chi connectivity index (χ0v) is 11.6. The van der Waals surface area contributed by atoms with Gasteiger partial charge in [0.2, 0.25) is 0 Å². The minimum Gasteiger partial charge on any atom is -0.369 e. The maximum absolute atomic E-state index is 4.61. The highest BCUT2D eigenvalue weighted by Crippen LogP contribution is 2.17. The molecule has 18 heavy (non-hydrogen) atoms. The SMILES string of the molecule is CCNc1cncc(N2CCN(CC)C(C)C2)n1. The molecule has 5 nitrogen and oxygen atoms in total. The first-order valence-electron chi connectivity index (χ1n) is 6.79. The molecule has 2 rings (SSSR count). The van der Waals surface area contributed by atoms with Gasteiger partial charge in [-0.25, -0.2) is 4.98 Å². The van der Waals surface area contributed by atoms with Gasteiger partial charge in [0.15, 0.2) is 0 Å². The zero-order valence-electron chi connectivity index (χ0n) is 11.6. The van der Waals surface area contributed by atoms with Crippen LogP contribution in [0.15, 0.2) is 12.4 Å². The van der Waals surface area contributed by atoms with Gasteiger partial charge in [0.1, 0.15) is 11.6 Å². The fourth-order valence-electron chi connectivity index (χ4n) is 2.45. The normalized spacial score (nSPS) is 21.1. The van der Waals surface area contributed by atoms with E-state index in [9.17, 15) is 0 Å². The van der Waals surface area contributed by atoms with Crippen LogP contribution >= 0.6 is 0 Å². The Balaban J connectivity index is 2.05. The predicted molar refractivity (Wildman–Crippen MR) is 75.1 cm³/mol. The molecule has 0 aromatic carbocycles. The Bertz CT molecular complexity index is 381. The monoisotopic (exact) mass is 249 g/mol. The Morgan fingerprint density at radius 1 is 1.33 bits per heavy atom. The fourth-order valence-corrected chi connectivity index (χ4v) is 2.45. The van der Waals surface area contributed by atoms with Gasteiger partial charge in [0.25, 0.3) is 0 Å². The van der Waals surface area contributed by atoms with Gasteiger partial charge in [0, 0.05) is 32.2 Å².